The number of carbonyl (C=O) groups excluding carboxylic acids is 1. The number of rotatable bonds is 3. The molecule has 92 valence electrons. The van der Waals surface area contributed by atoms with Crippen LogP contribution >= 0.6 is 11.6 Å². The Morgan fingerprint density at radius 3 is 2.53 bits per heavy atom. The molecule has 1 aliphatic rings. The maximum absolute atomic E-state index is 11.3. The van der Waals surface area contributed by atoms with Gasteiger partial charge >= 0.3 is 0 Å². The van der Waals surface area contributed by atoms with E-state index in [2.05, 4.69) is 31.0 Å². The highest BCUT2D eigenvalue weighted by molar-refractivity contribution is 6.30. The van der Waals surface area contributed by atoms with Crippen LogP contribution in [-0.4, -0.2) is 23.8 Å². The molecule has 17 heavy (non-hydrogen) atoms. The molecular formula is C14H18ClNO. The number of ketones is 1. The van der Waals surface area contributed by atoms with Crippen molar-refractivity contribution >= 4 is 17.4 Å². The van der Waals surface area contributed by atoms with Gasteiger partial charge in [0.2, 0.25) is 0 Å². The Hall–Kier alpha value is -0.860. The summed E-state index contributed by atoms with van der Waals surface area (Å²) in [5, 5.41) is 0.764. The zero-order valence-electron chi connectivity index (χ0n) is 10.3. The van der Waals surface area contributed by atoms with Gasteiger partial charge in [-0.05, 0) is 38.1 Å². The molecule has 1 aromatic carbocycles. The number of benzene rings is 1. The first-order valence-corrected chi connectivity index (χ1v) is 6.45. The van der Waals surface area contributed by atoms with E-state index in [0.29, 0.717) is 24.3 Å². The van der Waals surface area contributed by atoms with Crippen LogP contribution in [0.25, 0.3) is 0 Å². The van der Waals surface area contributed by atoms with Crippen LogP contribution in [0.1, 0.15) is 37.8 Å². The summed E-state index contributed by atoms with van der Waals surface area (Å²) in [5.74, 6) is 0.394. The Morgan fingerprint density at radius 2 is 2.00 bits per heavy atom. The lowest BCUT2D eigenvalue weighted by Crippen LogP contribution is -2.32. The van der Waals surface area contributed by atoms with Gasteiger partial charge in [-0.15, -0.1) is 0 Å². The predicted molar refractivity (Wildman–Crippen MR) is 70.3 cm³/mol. The molecule has 0 bridgehead atoms. The maximum atomic E-state index is 11.3. The Balaban J connectivity index is 2.06. The summed E-state index contributed by atoms with van der Waals surface area (Å²) in [4.78, 5) is 13.6. The topological polar surface area (TPSA) is 20.3 Å². The van der Waals surface area contributed by atoms with Crippen LogP contribution in [0.4, 0.5) is 0 Å². The van der Waals surface area contributed by atoms with Crippen LogP contribution in [-0.2, 0) is 4.79 Å². The molecule has 1 aromatic rings. The summed E-state index contributed by atoms with van der Waals surface area (Å²) < 4.78 is 0. The molecule has 0 radical (unpaired) electrons. The molecule has 0 saturated heterocycles. The number of Topliss-reactive ketones (excluding diaryl/α,β-unsaturated/α-hetero) is 1. The fourth-order valence-electron chi connectivity index (χ4n) is 2.43. The Labute approximate surface area is 108 Å². The second-order valence-electron chi connectivity index (χ2n) is 4.83. The van der Waals surface area contributed by atoms with E-state index in [-0.39, 0.29) is 0 Å². The quantitative estimate of drug-likeness (QED) is 0.820. The van der Waals surface area contributed by atoms with E-state index in [1.165, 1.54) is 5.56 Å². The molecule has 0 aromatic heterocycles. The summed E-state index contributed by atoms with van der Waals surface area (Å²) in [6.45, 7) is 2.17. The molecule has 0 spiro atoms. The fourth-order valence-corrected chi connectivity index (χ4v) is 2.56. The van der Waals surface area contributed by atoms with Crippen molar-refractivity contribution in [1.29, 1.82) is 0 Å². The highest BCUT2D eigenvalue weighted by atomic mass is 35.5. The molecular weight excluding hydrogens is 234 g/mol. The minimum Gasteiger partial charge on any atom is -0.300 e. The Morgan fingerprint density at radius 1 is 1.35 bits per heavy atom. The van der Waals surface area contributed by atoms with E-state index < -0.39 is 0 Å². The van der Waals surface area contributed by atoms with Crippen molar-refractivity contribution in [2.45, 2.75) is 38.3 Å². The van der Waals surface area contributed by atoms with Gasteiger partial charge in [0.15, 0.2) is 0 Å². The molecule has 0 heterocycles. The van der Waals surface area contributed by atoms with Crippen LogP contribution in [0.15, 0.2) is 24.3 Å². The van der Waals surface area contributed by atoms with Crippen molar-refractivity contribution in [3.63, 3.8) is 0 Å². The third kappa shape index (κ3) is 2.88. The van der Waals surface area contributed by atoms with Gasteiger partial charge in [0, 0.05) is 29.9 Å². The van der Waals surface area contributed by atoms with E-state index in [1.54, 1.807) is 0 Å². The number of hydrogen-bond donors (Lipinski definition) is 0. The molecule has 0 N–H and O–H groups in total. The second-order valence-corrected chi connectivity index (χ2v) is 5.26. The van der Waals surface area contributed by atoms with E-state index in [9.17, 15) is 4.79 Å². The van der Waals surface area contributed by atoms with Crippen molar-refractivity contribution in [1.82, 2.24) is 4.90 Å². The number of carbonyl (C=O) groups is 1. The molecule has 2 rings (SSSR count). The fraction of sp³-hybridized carbons (Fsp3) is 0.500. The van der Waals surface area contributed by atoms with Crippen molar-refractivity contribution in [2.75, 3.05) is 7.05 Å². The van der Waals surface area contributed by atoms with Gasteiger partial charge in [-0.3, -0.25) is 9.69 Å². The lowest BCUT2D eigenvalue weighted by Gasteiger charge is -2.30. The first kappa shape index (κ1) is 12.6. The van der Waals surface area contributed by atoms with Gasteiger partial charge in [-0.2, -0.15) is 0 Å². The van der Waals surface area contributed by atoms with Crippen molar-refractivity contribution in [3.05, 3.63) is 34.9 Å². The molecule has 1 fully saturated rings. The van der Waals surface area contributed by atoms with Gasteiger partial charge in [-0.25, -0.2) is 0 Å². The van der Waals surface area contributed by atoms with E-state index in [0.717, 1.165) is 17.9 Å². The molecule has 2 atom stereocenters. The van der Waals surface area contributed by atoms with E-state index in [1.807, 2.05) is 12.1 Å². The summed E-state index contributed by atoms with van der Waals surface area (Å²) in [5.41, 5.74) is 1.25. The second kappa shape index (κ2) is 5.19. The van der Waals surface area contributed by atoms with Gasteiger partial charge in [0.25, 0.3) is 0 Å². The maximum Gasteiger partial charge on any atom is 0.134 e. The van der Waals surface area contributed by atoms with Crippen molar-refractivity contribution in [2.24, 2.45) is 0 Å². The zero-order valence-corrected chi connectivity index (χ0v) is 11.1. The summed E-state index contributed by atoms with van der Waals surface area (Å²) in [6.07, 6.45) is 2.43. The molecule has 0 amide bonds. The number of hydrogen-bond acceptors (Lipinski definition) is 2. The van der Waals surface area contributed by atoms with Gasteiger partial charge in [-0.1, -0.05) is 23.7 Å². The van der Waals surface area contributed by atoms with Gasteiger partial charge in [0.1, 0.15) is 5.78 Å². The standard InChI is InChI=1S/C14H18ClNO/c1-10(11-3-5-12(15)6-4-11)16(2)13-7-8-14(17)9-13/h3-6,10,13H,7-9H2,1-2H3. The molecule has 3 heteroatoms. The monoisotopic (exact) mass is 251 g/mol. The van der Waals surface area contributed by atoms with Crippen LogP contribution in [0.3, 0.4) is 0 Å². The van der Waals surface area contributed by atoms with Crippen LogP contribution in [0.5, 0.6) is 0 Å². The molecule has 2 unspecified atom stereocenters. The average Bonchev–Trinajstić information content (AvgIpc) is 2.75. The van der Waals surface area contributed by atoms with Crippen LogP contribution in [0, 0.1) is 0 Å². The lowest BCUT2D eigenvalue weighted by molar-refractivity contribution is -0.117. The van der Waals surface area contributed by atoms with Gasteiger partial charge < -0.3 is 0 Å². The SMILES string of the molecule is CC(c1ccc(Cl)cc1)N(C)C1CCC(=O)C1. The molecule has 1 saturated carbocycles. The highest BCUT2D eigenvalue weighted by Crippen LogP contribution is 2.28. The first-order valence-electron chi connectivity index (χ1n) is 6.07. The van der Waals surface area contributed by atoms with Crippen molar-refractivity contribution < 1.29 is 4.79 Å². The number of halogens is 1. The number of nitrogens with zero attached hydrogens (tertiary/aromatic N) is 1. The summed E-state index contributed by atoms with van der Waals surface area (Å²) in [7, 11) is 2.10. The van der Waals surface area contributed by atoms with Crippen LogP contribution < -0.4 is 0 Å². The molecule has 0 aliphatic heterocycles. The Kier molecular flexibility index (Phi) is 3.85. The minimum atomic E-state index is 0.322. The molecule has 1 aliphatic carbocycles. The summed E-state index contributed by atoms with van der Waals surface area (Å²) in [6, 6.07) is 8.67. The zero-order chi connectivity index (χ0) is 12.4. The third-order valence-electron chi connectivity index (χ3n) is 3.76. The third-order valence-corrected chi connectivity index (χ3v) is 4.01. The lowest BCUT2D eigenvalue weighted by atomic mass is 10.1. The van der Waals surface area contributed by atoms with Crippen LogP contribution in [0.2, 0.25) is 5.02 Å². The Bertz CT molecular complexity index is 401. The molecule has 2 nitrogen and oxygen atoms in total. The van der Waals surface area contributed by atoms with Gasteiger partial charge in [0.05, 0.1) is 0 Å². The smallest absolute Gasteiger partial charge is 0.134 e. The average molecular weight is 252 g/mol. The largest absolute Gasteiger partial charge is 0.300 e. The minimum absolute atomic E-state index is 0.322. The predicted octanol–water partition coefficient (Wildman–Crippen LogP) is 3.45. The highest BCUT2D eigenvalue weighted by Gasteiger charge is 2.28. The normalized spacial score (nSPS) is 22.1. The van der Waals surface area contributed by atoms with Crippen molar-refractivity contribution in [3.8, 4) is 0 Å². The van der Waals surface area contributed by atoms with E-state index in [4.69, 9.17) is 11.6 Å². The summed E-state index contributed by atoms with van der Waals surface area (Å²) >= 11 is 5.88. The van der Waals surface area contributed by atoms with E-state index >= 15 is 0 Å². The first-order chi connectivity index (χ1) is 8.08.